The van der Waals surface area contributed by atoms with Crippen molar-refractivity contribution in [1.82, 2.24) is 20.0 Å². The molecule has 0 aromatic carbocycles. The molecule has 2 aromatic rings. The minimum Gasteiger partial charge on any atom is -0.247 e. The van der Waals surface area contributed by atoms with Crippen molar-refractivity contribution in [2.24, 2.45) is 0 Å². The van der Waals surface area contributed by atoms with Gasteiger partial charge in [-0.15, -0.1) is 5.10 Å². The Balaban J connectivity index is 2.43. The van der Waals surface area contributed by atoms with Crippen molar-refractivity contribution in [2.75, 3.05) is 0 Å². The van der Waals surface area contributed by atoms with E-state index >= 15 is 0 Å². The van der Waals surface area contributed by atoms with Crippen LogP contribution in [-0.2, 0) is 0 Å². The van der Waals surface area contributed by atoms with Gasteiger partial charge in [0.25, 0.3) is 0 Å². The molecule has 2 rings (SSSR count). The first kappa shape index (κ1) is 7.42. The molecule has 0 aliphatic heterocycles. The van der Waals surface area contributed by atoms with E-state index in [1.165, 1.54) is 0 Å². The van der Waals surface area contributed by atoms with Gasteiger partial charge in [0.2, 0.25) is 0 Å². The van der Waals surface area contributed by atoms with E-state index in [2.05, 4.69) is 31.2 Å². The summed E-state index contributed by atoms with van der Waals surface area (Å²) in [5.41, 5.74) is 0.899. The van der Waals surface area contributed by atoms with Gasteiger partial charge < -0.3 is 0 Å². The normalized spacial score (nSPS) is 10.1. The molecule has 0 aliphatic rings. The topological polar surface area (TPSA) is 43.6 Å². The van der Waals surface area contributed by atoms with Gasteiger partial charge in [0.05, 0.1) is 24.3 Å². The lowest BCUT2D eigenvalue weighted by Gasteiger charge is -1.97. The first-order valence-corrected chi connectivity index (χ1v) is 4.14. The van der Waals surface area contributed by atoms with E-state index in [1.54, 1.807) is 23.3 Å². The van der Waals surface area contributed by atoms with Crippen LogP contribution < -0.4 is 0 Å². The van der Waals surface area contributed by atoms with E-state index < -0.39 is 0 Å². The van der Waals surface area contributed by atoms with E-state index in [0.717, 1.165) is 10.3 Å². The molecule has 12 heavy (non-hydrogen) atoms. The van der Waals surface area contributed by atoms with Gasteiger partial charge in [-0.05, 0) is 28.1 Å². The quantitative estimate of drug-likeness (QED) is 0.689. The molecule has 4 nitrogen and oxygen atoms in total. The highest BCUT2D eigenvalue weighted by molar-refractivity contribution is 9.10. The third-order valence-electron chi connectivity index (χ3n) is 1.40. The van der Waals surface area contributed by atoms with Gasteiger partial charge in [-0.2, -0.15) is 0 Å². The summed E-state index contributed by atoms with van der Waals surface area (Å²) in [5, 5.41) is 7.52. The van der Waals surface area contributed by atoms with E-state index in [-0.39, 0.29) is 0 Å². The molecule has 0 unspecified atom stereocenters. The lowest BCUT2D eigenvalue weighted by Crippen LogP contribution is -1.95. The van der Waals surface area contributed by atoms with Crippen molar-refractivity contribution in [1.29, 1.82) is 0 Å². The second-order valence-electron chi connectivity index (χ2n) is 2.19. The summed E-state index contributed by atoms with van der Waals surface area (Å²) in [5.74, 6) is 0. The fourth-order valence-corrected chi connectivity index (χ4v) is 1.08. The van der Waals surface area contributed by atoms with E-state index in [4.69, 9.17) is 0 Å². The molecule has 0 aliphatic carbocycles. The maximum Gasteiger partial charge on any atom is 0.106 e. The monoisotopic (exact) mass is 224 g/mol. The minimum absolute atomic E-state index is 0.811. The molecule has 0 saturated carbocycles. The molecule has 0 N–H and O–H groups in total. The number of pyridine rings is 1. The predicted molar refractivity (Wildman–Crippen MR) is 46.9 cm³/mol. The number of rotatable bonds is 1. The molecule has 0 bridgehead atoms. The van der Waals surface area contributed by atoms with Crippen LogP contribution in [0.15, 0.2) is 35.3 Å². The molecule has 2 aromatic heterocycles. The van der Waals surface area contributed by atoms with E-state index in [1.807, 2.05) is 12.1 Å². The number of hydrogen-bond acceptors (Lipinski definition) is 3. The minimum atomic E-state index is 0.811. The van der Waals surface area contributed by atoms with Gasteiger partial charge in [-0.25, -0.2) is 9.67 Å². The highest BCUT2D eigenvalue weighted by Gasteiger charge is 1.95. The van der Waals surface area contributed by atoms with Gasteiger partial charge in [0.15, 0.2) is 0 Å². The van der Waals surface area contributed by atoms with Crippen LogP contribution in [0, 0.1) is 0 Å². The van der Waals surface area contributed by atoms with Gasteiger partial charge in [-0.3, -0.25) is 0 Å². The lowest BCUT2D eigenvalue weighted by molar-refractivity contribution is 0.799. The Morgan fingerprint density at radius 1 is 1.33 bits per heavy atom. The molecule has 0 fully saturated rings. The van der Waals surface area contributed by atoms with Gasteiger partial charge >= 0.3 is 0 Å². The van der Waals surface area contributed by atoms with Crippen LogP contribution in [0.5, 0.6) is 0 Å². The van der Waals surface area contributed by atoms with Crippen molar-refractivity contribution in [3.05, 3.63) is 35.3 Å². The molecule has 0 amide bonds. The van der Waals surface area contributed by atoms with Gasteiger partial charge in [-0.1, -0.05) is 5.21 Å². The van der Waals surface area contributed by atoms with Crippen LogP contribution in [0.3, 0.4) is 0 Å². The standard InChI is InChI=1S/C7H5BrN4/c8-7-2-1-6(5-9-7)12-4-3-10-11-12/h1-5H. The Morgan fingerprint density at radius 2 is 2.25 bits per heavy atom. The molecular formula is C7H5BrN4. The molecule has 0 atom stereocenters. The number of aromatic nitrogens is 4. The first-order valence-electron chi connectivity index (χ1n) is 3.34. The summed E-state index contributed by atoms with van der Waals surface area (Å²) in [6, 6.07) is 3.77. The zero-order chi connectivity index (χ0) is 8.39. The van der Waals surface area contributed by atoms with Crippen LogP contribution in [-0.4, -0.2) is 20.0 Å². The molecule has 0 saturated heterocycles. The van der Waals surface area contributed by atoms with Crippen LogP contribution in [0.4, 0.5) is 0 Å². The van der Waals surface area contributed by atoms with E-state index in [0.29, 0.717) is 0 Å². The van der Waals surface area contributed by atoms with Crippen molar-refractivity contribution < 1.29 is 0 Å². The summed E-state index contributed by atoms with van der Waals surface area (Å²) in [4.78, 5) is 4.06. The van der Waals surface area contributed by atoms with Crippen LogP contribution in [0.1, 0.15) is 0 Å². The van der Waals surface area contributed by atoms with Crippen molar-refractivity contribution in [3.63, 3.8) is 0 Å². The average Bonchev–Trinajstić information content (AvgIpc) is 2.58. The van der Waals surface area contributed by atoms with Gasteiger partial charge in [0.1, 0.15) is 4.60 Å². The predicted octanol–water partition coefficient (Wildman–Crippen LogP) is 1.42. The molecule has 60 valence electrons. The average molecular weight is 225 g/mol. The number of nitrogens with zero attached hydrogens (tertiary/aromatic N) is 4. The summed E-state index contributed by atoms with van der Waals surface area (Å²) in [6.45, 7) is 0. The third-order valence-corrected chi connectivity index (χ3v) is 1.87. The Labute approximate surface area is 77.4 Å². The highest BCUT2D eigenvalue weighted by atomic mass is 79.9. The van der Waals surface area contributed by atoms with Crippen LogP contribution >= 0.6 is 15.9 Å². The Bertz CT molecular complexity index is 353. The molecule has 0 spiro atoms. The fourth-order valence-electron chi connectivity index (χ4n) is 0.849. The van der Waals surface area contributed by atoms with Crippen molar-refractivity contribution in [2.45, 2.75) is 0 Å². The summed E-state index contributed by atoms with van der Waals surface area (Å²) < 4.78 is 2.46. The third kappa shape index (κ3) is 1.35. The number of halogens is 1. The largest absolute Gasteiger partial charge is 0.247 e. The van der Waals surface area contributed by atoms with E-state index in [9.17, 15) is 0 Å². The van der Waals surface area contributed by atoms with Crippen molar-refractivity contribution >= 4 is 15.9 Å². The maximum atomic E-state index is 4.06. The first-order chi connectivity index (χ1) is 5.86. The molecule has 2 heterocycles. The van der Waals surface area contributed by atoms with Crippen LogP contribution in [0.25, 0.3) is 5.69 Å². The zero-order valence-electron chi connectivity index (χ0n) is 6.05. The maximum absolute atomic E-state index is 4.06. The smallest absolute Gasteiger partial charge is 0.106 e. The number of hydrogen-bond donors (Lipinski definition) is 0. The summed E-state index contributed by atoms with van der Waals surface area (Å²) >= 11 is 3.25. The SMILES string of the molecule is Brc1ccc(-n2ccnn2)cn1. The lowest BCUT2D eigenvalue weighted by atomic mass is 10.4. The molecule has 5 heteroatoms. The fraction of sp³-hybridized carbons (Fsp3) is 0. The Morgan fingerprint density at radius 3 is 2.83 bits per heavy atom. The molecule has 0 radical (unpaired) electrons. The summed E-state index contributed by atoms with van der Waals surface area (Å²) in [7, 11) is 0. The van der Waals surface area contributed by atoms with Crippen molar-refractivity contribution in [3.8, 4) is 5.69 Å². The summed E-state index contributed by atoms with van der Waals surface area (Å²) in [6.07, 6.45) is 5.12. The van der Waals surface area contributed by atoms with Gasteiger partial charge in [0, 0.05) is 0 Å². The molecular weight excluding hydrogens is 220 g/mol. The second-order valence-corrected chi connectivity index (χ2v) is 3.00. The van der Waals surface area contributed by atoms with Crippen LogP contribution in [0.2, 0.25) is 0 Å². The Kier molecular flexibility index (Phi) is 1.87. The second kappa shape index (κ2) is 3.02. The highest BCUT2D eigenvalue weighted by Crippen LogP contribution is 2.08. The zero-order valence-corrected chi connectivity index (χ0v) is 7.64. The Hall–Kier alpha value is -1.23.